The van der Waals surface area contributed by atoms with Crippen molar-refractivity contribution in [2.75, 3.05) is 10.8 Å². The molecule has 1 aromatic carbocycles. The normalized spacial score (nSPS) is 11.5. The summed E-state index contributed by atoms with van der Waals surface area (Å²) in [4.78, 5) is 10.8. The van der Waals surface area contributed by atoms with Gasteiger partial charge >= 0.3 is 5.97 Å². The molecule has 2 aromatic rings. The fourth-order valence-electron chi connectivity index (χ4n) is 2.18. The molecule has 0 saturated heterocycles. The molecular weight excluding hydrogens is 325 g/mol. The van der Waals surface area contributed by atoms with E-state index in [1.54, 1.807) is 14.0 Å². The quantitative estimate of drug-likeness (QED) is 0.895. The van der Waals surface area contributed by atoms with E-state index in [1.807, 2.05) is 0 Å². The van der Waals surface area contributed by atoms with Crippen LogP contribution in [0.25, 0.3) is 0 Å². The van der Waals surface area contributed by atoms with Crippen LogP contribution in [0.4, 0.5) is 10.1 Å². The van der Waals surface area contributed by atoms with E-state index in [0.717, 1.165) is 16.4 Å². The Morgan fingerprint density at radius 2 is 2.09 bits per heavy atom. The highest BCUT2D eigenvalue weighted by Crippen LogP contribution is 2.26. The number of aromatic nitrogens is 2. The molecule has 0 atom stereocenters. The van der Waals surface area contributed by atoms with Gasteiger partial charge in [0.25, 0.3) is 10.0 Å². The molecule has 0 aliphatic heterocycles. The Balaban J connectivity index is 2.61. The summed E-state index contributed by atoms with van der Waals surface area (Å²) in [5.74, 6) is -2.27. The Hall–Kier alpha value is -2.42. The van der Waals surface area contributed by atoms with Gasteiger partial charge in [-0.3, -0.25) is 8.99 Å². The molecule has 0 saturated carbocycles. The molecule has 0 amide bonds. The van der Waals surface area contributed by atoms with E-state index in [-0.39, 0.29) is 17.7 Å². The molecule has 9 heteroatoms. The number of carboxylic acids is 1. The van der Waals surface area contributed by atoms with Gasteiger partial charge in [0.15, 0.2) is 0 Å². The summed E-state index contributed by atoms with van der Waals surface area (Å²) in [6, 6.07) is 1.80. The van der Waals surface area contributed by atoms with E-state index in [0.29, 0.717) is 5.69 Å². The smallest absolute Gasteiger partial charge is 0.336 e. The molecule has 1 heterocycles. The molecule has 0 aliphatic rings. The number of anilines is 1. The highest BCUT2D eigenvalue weighted by molar-refractivity contribution is 7.92. The monoisotopic (exact) mass is 341 g/mol. The Labute approximate surface area is 133 Å². The Morgan fingerprint density at radius 1 is 1.43 bits per heavy atom. The molecule has 2 rings (SSSR count). The number of hydrogen-bond donors (Lipinski definition) is 1. The van der Waals surface area contributed by atoms with Crippen molar-refractivity contribution in [3.8, 4) is 0 Å². The zero-order chi connectivity index (χ0) is 17.4. The largest absolute Gasteiger partial charge is 0.478 e. The van der Waals surface area contributed by atoms with Gasteiger partial charge in [-0.1, -0.05) is 0 Å². The summed E-state index contributed by atoms with van der Waals surface area (Å²) in [6.07, 6.45) is 2.87. The van der Waals surface area contributed by atoms with Gasteiger partial charge < -0.3 is 5.11 Å². The molecule has 1 N–H and O–H groups in total. The fourth-order valence-corrected chi connectivity index (χ4v) is 3.67. The molecular formula is C14H16FN3O4S. The first kappa shape index (κ1) is 16.9. The third-order valence-electron chi connectivity index (χ3n) is 3.40. The van der Waals surface area contributed by atoms with Crippen LogP contribution >= 0.6 is 0 Å². The predicted octanol–water partition coefficient (Wildman–Crippen LogP) is 1.78. The molecule has 0 radical (unpaired) electrons. The number of aromatic carboxylic acids is 1. The first-order valence-corrected chi connectivity index (χ1v) is 8.17. The van der Waals surface area contributed by atoms with Crippen LogP contribution in [0.1, 0.15) is 22.8 Å². The lowest BCUT2D eigenvalue weighted by atomic mass is 10.1. The van der Waals surface area contributed by atoms with Crippen LogP contribution in [-0.4, -0.2) is 35.8 Å². The minimum atomic E-state index is -4.11. The van der Waals surface area contributed by atoms with Crippen molar-refractivity contribution >= 4 is 21.7 Å². The summed E-state index contributed by atoms with van der Waals surface area (Å²) in [5.41, 5.74) is -0.181. The van der Waals surface area contributed by atoms with E-state index in [2.05, 4.69) is 5.10 Å². The van der Waals surface area contributed by atoms with Crippen molar-refractivity contribution in [1.29, 1.82) is 0 Å². The summed E-state index contributed by atoms with van der Waals surface area (Å²) in [5, 5.41) is 13.0. The number of benzene rings is 1. The van der Waals surface area contributed by atoms with Crippen LogP contribution in [0.3, 0.4) is 0 Å². The number of aryl methyl sites for hydroxylation is 1. The Kier molecular flexibility index (Phi) is 4.42. The predicted molar refractivity (Wildman–Crippen MR) is 81.5 cm³/mol. The number of nitrogens with zero attached hydrogens (tertiary/aromatic N) is 3. The van der Waals surface area contributed by atoms with Crippen LogP contribution in [0.2, 0.25) is 0 Å². The third kappa shape index (κ3) is 3.04. The first-order valence-electron chi connectivity index (χ1n) is 6.73. The number of sulfonamides is 1. The lowest BCUT2D eigenvalue weighted by Gasteiger charge is -2.21. The maximum absolute atomic E-state index is 13.9. The Morgan fingerprint density at radius 3 is 2.57 bits per heavy atom. The van der Waals surface area contributed by atoms with E-state index in [1.165, 1.54) is 24.0 Å². The highest BCUT2D eigenvalue weighted by atomic mass is 32.2. The maximum Gasteiger partial charge on any atom is 0.336 e. The SMILES string of the molecule is CCN(c1cnn(C)c1)S(=O)(=O)c1cc(F)c(C)c(C(=O)O)c1. The second-order valence-corrected chi connectivity index (χ2v) is 6.79. The van der Waals surface area contributed by atoms with Crippen LogP contribution < -0.4 is 4.31 Å². The van der Waals surface area contributed by atoms with Crippen LogP contribution in [0, 0.1) is 12.7 Å². The van der Waals surface area contributed by atoms with Crippen molar-refractivity contribution < 1.29 is 22.7 Å². The summed E-state index contributed by atoms with van der Waals surface area (Å²) in [7, 11) is -2.47. The van der Waals surface area contributed by atoms with Gasteiger partial charge in [0.05, 0.1) is 22.3 Å². The van der Waals surface area contributed by atoms with E-state index in [4.69, 9.17) is 5.11 Å². The molecule has 0 aliphatic carbocycles. The number of hydrogen-bond acceptors (Lipinski definition) is 4. The molecule has 7 nitrogen and oxygen atoms in total. The van der Waals surface area contributed by atoms with Gasteiger partial charge in [0.1, 0.15) is 5.82 Å². The number of halogens is 1. The van der Waals surface area contributed by atoms with Crippen LogP contribution in [-0.2, 0) is 17.1 Å². The second-order valence-electron chi connectivity index (χ2n) is 4.92. The highest BCUT2D eigenvalue weighted by Gasteiger charge is 2.27. The van der Waals surface area contributed by atoms with Crippen LogP contribution in [0.5, 0.6) is 0 Å². The van der Waals surface area contributed by atoms with Crippen molar-refractivity contribution in [3.05, 3.63) is 41.5 Å². The molecule has 0 spiro atoms. The van der Waals surface area contributed by atoms with Crippen molar-refractivity contribution in [3.63, 3.8) is 0 Å². The second kappa shape index (κ2) is 5.99. The van der Waals surface area contributed by atoms with Gasteiger partial charge in [-0.2, -0.15) is 5.10 Å². The first-order chi connectivity index (χ1) is 10.7. The average Bonchev–Trinajstić information content (AvgIpc) is 2.87. The lowest BCUT2D eigenvalue weighted by Crippen LogP contribution is -2.31. The number of rotatable bonds is 5. The summed E-state index contributed by atoms with van der Waals surface area (Å²) in [6.45, 7) is 2.99. The van der Waals surface area contributed by atoms with Gasteiger partial charge in [-0.15, -0.1) is 0 Å². The fraction of sp³-hybridized carbons (Fsp3) is 0.286. The van der Waals surface area contributed by atoms with Gasteiger partial charge in [0, 0.05) is 19.8 Å². The topological polar surface area (TPSA) is 92.5 Å². The average molecular weight is 341 g/mol. The molecule has 1 aromatic heterocycles. The molecule has 0 fully saturated rings. The minimum absolute atomic E-state index is 0.0892. The molecule has 0 bridgehead atoms. The maximum atomic E-state index is 13.9. The molecule has 23 heavy (non-hydrogen) atoms. The van der Waals surface area contributed by atoms with Gasteiger partial charge in [-0.05, 0) is 31.5 Å². The standard InChI is InChI=1S/C14H16FN3O4S/c1-4-18(10-7-16-17(3)8-10)23(21,22)11-5-12(14(19)20)9(2)13(15)6-11/h5-8H,4H2,1-3H3,(H,19,20). The summed E-state index contributed by atoms with van der Waals surface area (Å²) < 4.78 is 41.9. The minimum Gasteiger partial charge on any atom is -0.478 e. The van der Waals surface area contributed by atoms with Gasteiger partial charge in [-0.25, -0.2) is 17.6 Å². The van der Waals surface area contributed by atoms with Gasteiger partial charge in [0.2, 0.25) is 0 Å². The molecule has 0 unspecified atom stereocenters. The van der Waals surface area contributed by atoms with E-state index >= 15 is 0 Å². The third-order valence-corrected chi connectivity index (χ3v) is 5.28. The van der Waals surface area contributed by atoms with Crippen molar-refractivity contribution in [1.82, 2.24) is 9.78 Å². The van der Waals surface area contributed by atoms with Crippen LogP contribution in [0.15, 0.2) is 29.4 Å². The van der Waals surface area contributed by atoms with Crippen molar-refractivity contribution in [2.45, 2.75) is 18.7 Å². The number of carboxylic acid groups (broad SMARTS) is 1. The van der Waals surface area contributed by atoms with Crippen molar-refractivity contribution in [2.24, 2.45) is 7.05 Å². The molecule has 124 valence electrons. The summed E-state index contributed by atoms with van der Waals surface area (Å²) >= 11 is 0. The van der Waals surface area contributed by atoms with E-state index < -0.39 is 26.7 Å². The zero-order valence-corrected chi connectivity index (χ0v) is 13.6. The van der Waals surface area contributed by atoms with E-state index in [9.17, 15) is 17.6 Å². The number of carbonyl (C=O) groups is 1. The zero-order valence-electron chi connectivity index (χ0n) is 12.8. The lowest BCUT2D eigenvalue weighted by molar-refractivity contribution is 0.0695. The Bertz CT molecular complexity index is 861.